The number of methoxy groups -OCH3 is 1. The van der Waals surface area contributed by atoms with Crippen LogP contribution in [0.25, 0.3) is 10.8 Å². The summed E-state index contributed by atoms with van der Waals surface area (Å²) in [6, 6.07) is 18.8. The number of benzene rings is 3. The lowest BCUT2D eigenvalue weighted by atomic mass is 10.00. The van der Waals surface area contributed by atoms with Crippen molar-refractivity contribution in [3.05, 3.63) is 77.4 Å². The number of nitrogens with one attached hydrogen (secondary N) is 1. The molecule has 28 heavy (non-hydrogen) atoms. The second kappa shape index (κ2) is 8.57. The largest absolute Gasteiger partial charge is 0.496 e. The molecule has 0 unspecified atom stereocenters. The van der Waals surface area contributed by atoms with Crippen molar-refractivity contribution < 1.29 is 19.1 Å². The van der Waals surface area contributed by atoms with Crippen LogP contribution in [0.4, 0.5) is 0 Å². The minimum Gasteiger partial charge on any atom is -0.496 e. The van der Waals surface area contributed by atoms with Crippen LogP contribution in [0.5, 0.6) is 5.75 Å². The van der Waals surface area contributed by atoms with E-state index in [0.29, 0.717) is 11.3 Å². The topological polar surface area (TPSA) is 64.6 Å². The van der Waals surface area contributed by atoms with E-state index in [0.717, 1.165) is 21.9 Å². The second-order valence-electron chi connectivity index (χ2n) is 6.62. The predicted octanol–water partition coefficient (Wildman–Crippen LogP) is 4.19. The third-order valence-electron chi connectivity index (χ3n) is 4.65. The number of aryl methyl sites for hydroxylation is 1. The summed E-state index contributed by atoms with van der Waals surface area (Å²) in [5, 5.41) is 5.08. The molecule has 1 N–H and O–H groups in total. The minimum absolute atomic E-state index is 0.211. The van der Waals surface area contributed by atoms with Gasteiger partial charge in [0.15, 0.2) is 6.61 Å². The first-order chi connectivity index (χ1) is 13.5. The predicted molar refractivity (Wildman–Crippen MR) is 109 cm³/mol. The highest BCUT2D eigenvalue weighted by molar-refractivity contribution is 5.92. The smallest absolute Gasteiger partial charge is 0.338 e. The number of carbonyl (C=O) groups excluding carboxylic acids is 2. The van der Waals surface area contributed by atoms with Crippen LogP contribution in [-0.2, 0) is 9.53 Å². The summed E-state index contributed by atoms with van der Waals surface area (Å²) in [5.74, 6) is -0.317. The molecular formula is C23H23NO4. The van der Waals surface area contributed by atoms with Gasteiger partial charge in [-0.05, 0) is 47.9 Å². The summed E-state index contributed by atoms with van der Waals surface area (Å²) in [5.41, 5.74) is 2.28. The summed E-state index contributed by atoms with van der Waals surface area (Å²) < 4.78 is 10.4. The fourth-order valence-corrected chi connectivity index (χ4v) is 3.15. The van der Waals surface area contributed by atoms with Gasteiger partial charge in [0.25, 0.3) is 5.91 Å². The highest BCUT2D eigenvalue weighted by Crippen LogP contribution is 2.24. The number of carbonyl (C=O) groups is 2. The standard InChI is InChI=1S/C23H23NO4/c1-15-11-12-18(13-21(15)27-3)23(26)28-14-22(25)24-16(2)19-10-6-8-17-7-4-5-9-20(17)19/h4-13,16H,14H2,1-3H3,(H,24,25)/t16-/m1/s1. The maximum atomic E-state index is 12.3. The quantitative estimate of drug-likeness (QED) is 0.654. The monoisotopic (exact) mass is 377 g/mol. The summed E-state index contributed by atoms with van der Waals surface area (Å²) in [6.45, 7) is 3.45. The molecule has 3 rings (SSSR count). The molecular weight excluding hydrogens is 354 g/mol. The van der Waals surface area contributed by atoms with E-state index in [1.165, 1.54) is 0 Å². The first-order valence-corrected chi connectivity index (χ1v) is 9.08. The lowest BCUT2D eigenvalue weighted by Crippen LogP contribution is -2.31. The van der Waals surface area contributed by atoms with Crippen molar-refractivity contribution in [3.8, 4) is 5.75 Å². The van der Waals surface area contributed by atoms with E-state index in [2.05, 4.69) is 5.32 Å². The minimum atomic E-state index is -0.564. The normalized spacial score (nSPS) is 11.7. The fourth-order valence-electron chi connectivity index (χ4n) is 3.15. The van der Waals surface area contributed by atoms with Crippen LogP contribution in [0, 0.1) is 6.92 Å². The molecule has 0 aliphatic heterocycles. The maximum Gasteiger partial charge on any atom is 0.338 e. The van der Waals surface area contributed by atoms with Crippen molar-refractivity contribution in [2.24, 2.45) is 0 Å². The van der Waals surface area contributed by atoms with Crippen LogP contribution in [-0.4, -0.2) is 25.6 Å². The maximum absolute atomic E-state index is 12.3. The molecule has 5 heteroatoms. The highest BCUT2D eigenvalue weighted by atomic mass is 16.5. The van der Waals surface area contributed by atoms with Crippen molar-refractivity contribution in [2.75, 3.05) is 13.7 Å². The molecule has 0 heterocycles. The van der Waals surface area contributed by atoms with Gasteiger partial charge in [-0.3, -0.25) is 4.79 Å². The van der Waals surface area contributed by atoms with E-state index >= 15 is 0 Å². The van der Waals surface area contributed by atoms with Crippen LogP contribution in [0.15, 0.2) is 60.7 Å². The van der Waals surface area contributed by atoms with E-state index in [-0.39, 0.29) is 18.6 Å². The van der Waals surface area contributed by atoms with Crippen LogP contribution < -0.4 is 10.1 Å². The third kappa shape index (κ3) is 4.31. The molecule has 0 spiro atoms. The molecule has 144 valence electrons. The molecule has 3 aromatic rings. The van der Waals surface area contributed by atoms with Gasteiger partial charge in [0.2, 0.25) is 0 Å². The third-order valence-corrected chi connectivity index (χ3v) is 4.65. The number of hydrogen-bond donors (Lipinski definition) is 1. The molecule has 3 aromatic carbocycles. The van der Waals surface area contributed by atoms with Gasteiger partial charge in [-0.1, -0.05) is 48.5 Å². The molecule has 0 aliphatic rings. The summed E-state index contributed by atoms with van der Waals surface area (Å²) in [4.78, 5) is 24.5. The molecule has 0 aliphatic carbocycles. The van der Waals surface area contributed by atoms with Crippen molar-refractivity contribution in [3.63, 3.8) is 0 Å². The Morgan fingerprint density at radius 2 is 1.79 bits per heavy atom. The Hall–Kier alpha value is -3.34. The van der Waals surface area contributed by atoms with Gasteiger partial charge < -0.3 is 14.8 Å². The second-order valence-corrected chi connectivity index (χ2v) is 6.62. The molecule has 0 saturated heterocycles. The zero-order valence-corrected chi connectivity index (χ0v) is 16.2. The van der Waals surface area contributed by atoms with Crippen LogP contribution in [0.3, 0.4) is 0 Å². The van der Waals surface area contributed by atoms with Crippen molar-refractivity contribution >= 4 is 22.6 Å². The van der Waals surface area contributed by atoms with Crippen molar-refractivity contribution in [1.29, 1.82) is 0 Å². The van der Waals surface area contributed by atoms with Gasteiger partial charge >= 0.3 is 5.97 Å². The Labute approximate surface area is 164 Å². The number of hydrogen-bond acceptors (Lipinski definition) is 4. The number of fused-ring (bicyclic) bond motifs is 1. The summed E-state index contributed by atoms with van der Waals surface area (Å²) in [6.07, 6.45) is 0. The van der Waals surface area contributed by atoms with Gasteiger partial charge in [-0.25, -0.2) is 4.79 Å². The zero-order chi connectivity index (χ0) is 20.1. The Morgan fingerprint density at radius 1 is 1.04 bits per heavy atom. The average molecular weight is 377 g/mol. The van der Waals surface area contributed by atoms with Gasteiger partial charge in [0.1, 0.15) is 5.75 Å². The number of ether oxygens (including phenoxy) is 2. The first-order valence-electron chi connectivity index (χ1n) is 9.08. The molecule has 0 radical (unpaired) electrons. The lowest BCUT2D eigenvalue weighted by Gasteiger charge is -2.16. The number of esters is 1. The van der Waals surface area contributed by atoms with E-state index in [1.54, 1.807) is 25.3 Å². The average Bonchev–Trinajstić information content (AvgIpc) is 2.71. The Bertz CT molecular complexity index is 1010. The summed E-state index contributed by atoms with van der Waals surface area (Å²) in [7, 11) is 1.54. The lowest BCUT2D eigenvalue weighted by molar-refractivity contribution is -0.124. The SMILES string of the molecule is COc1cc(C(=O)OCC(=O)N[C@H](C)c2cccc3ccccc23)ccc1C. The highest BCUT2D eigenvalue weighted by Gasteiger charge is 2.15. The van der Waals surface area contributed by atoms with Gasteiger partial charge in [-0.2, -0.15) is 0 Å². The van der Waals surface area contributed by atoms with E-state index in [4.69, 9.17) is 9.47 Å². The first kappa shape index (κ1) is 19.4. The van der Waals surface area contributed by atoms with Crippen LogP contribution >= 0.6 is 0 Å². The Kier molecular flexibility index (Phi) is 5.94. The number of rotatable bonds is 6. The molecule has 0 aromatic heterocycles. The van der Waals surface area contributed by atoms with E-state index in [1.807, 2.05) is 56.3 Å². The van der Waals surface area contributed by atoms with E-state index < -0.39 is 5.97 Å². The van der Waals surface area contributed by atoms with E-state index in [9.17, 15) is 9.59 Å². The molecule has 5 nitrogen and oxygen atoms in total. The van der Waals surface area contributed by atoms with Crippen LogP contribution in [0.1, 0.15) is 34.5 Å². The fraction of sp³-hybridized carbons (Fsp3) is 0.217. The van der Waals surface area contributed by atoms with Gasteiger partial charge in [0, 0.05) is 0 Å². The van der Waals surface area contributed by atoms with Gasteiger partial charge in [0.05, 0.1) is 18.7 Å². The molecule has 0 bridgehead atoms. The molecule has 1 atom stereocenters. The van der Waals surface area contributed by atoms with Crippen molar-refractivity contribution in [2.45, 2.75) is 19.9 Å². The molecule has 1 amide bonds. The van der Waals surface area contributed by atoms with Crippen LogP contribution in [0.2, 0.25) is 0 Å². The molecule has 0 fully saturated rings. The zero-order valence-electron chi connectivity index (χ0n) is 16.2. The Morgan fingerprint density at radius 3 is 2.57 bits per heavy atom. The van der Waals surface area contributed by atoms with Gasteiger partial charge in [-0.15, -0.1) is 0 Å². The molecule has 0 saturated carbocycles. The number of amides is 1. The van der Waals surface area contributed by atoms with Crippen molar-refractivity contribution in [1.82, 2.24) is 5.32 Å². The Balaban J connectivity index is 1.61. The summed E-state index contributed by atoms with van der Waals surface area (Å²) >= 11 is 0.